The van der Waals surface area contributed by atoms with E-state index in [1.165, 1.54) is 0 Å². The van der Waals surface area contributed by atoms with E-state index in [9.17, 15) is 13.2 Å². The number of nitrogens with one attached hydrogen (secondary N) is 1. The minimum absolute atomic E-state index is 0.0207. The predicted molar refractivity (Wildman–Crippen MR) is 69.3 cm³/mol. The SMILES string of the molecule is CCC1(C(NC)c2c(F)cc(F)cc2F)CCCC1. The lowest BCUT2D eigenvalue weighted by atomic mass is 9.73. The standard InChI is InChI=1S/C15H20F3N/c1-3-15(6-4-5-7-15)14(19-2)13-11(17)8-10(16)9-12(13)18/h8-9,14,19H,3-7H2,1-2H3. The molecule has 1 fully saturated rings. The predicted octanol–water partition coefficient (Wildman–Crippen LogP) is 4.33. The number of hydrogen-bond acceptors (Lipinski definition) is 1. The highest BCUT2D eigenvalue weighted by molar-refractivity contribution is 5.26. The summed E-state index contributed by atoms with van der Waals surface area (Å²) in [6.07, 6.45) is 4.91. The zero-order chi connectivity index (χ0) is 14.0. The molecule has 0 heterocycles. The van der Waals surface area contributed by atoms with Crippen molar-refractivity contribution in [2.75, 3.05) is 7.05 Å². The van der Waals surface area contributed by atoms with Crippen LogP contribution in [-0.4, -0.2) is 7.05 Å². The molecule has 1 saturated carbocycles. The monoisotopic (exact) mass is 271 g/mol. The van der Waals surface area contributed by atoms with Crippen molar-refractivity contribution < 1.29 is 13.2 Å². The molecule has 1 aromatic carbocycles. The van der Waals surface area contributed by atoms with Gasteiger partial charge in [0.1, 0.15) is 17.5 Å². The number of rotatable bonds is 4. The molecule has 0 aliphatic heterocycles. The van der Waals surface area contributed by atoms with Gasteiger partial charge in [-0.05, 0) is 31.7 Å². The Kier molecular flexibility index (Phi) is 4.19. The Balaban J connectivity index is 2.47. The molecule has 4 heteroatoms. The second-order valence-electron chi connectivity index (χ2n) is 5.43. The maximum Gasteiger partial charge on any atom is 0.133 e. The van der Waals surface area contributed by atoms with E-state index in [2.05, 4.69) is 12.2 Å². The first-order chi connectivity index (χ1) is 9.04. The molecule has 0 aromatic heterocycles. The van der Waals surface area contributed by atoms with Crippen LogP contribution in [0.5, 0.6) is 0 Å². The fraction of sp³-hybridized carbons (Fsp3) is 0.600. The summed E-state index contributed by atoms with van der Waals surface area (Å²) in [6, 6.07) is 1.13. The maximum absolute atomic E-state index is 14.0. The van der Waals surface area contributed by atoms with Crippen LogP contribution in [0.4, 0.5) is 13.2 Å². The van der Waals surface area contributed by atoms with Crippen molar-refractivity contribution in [3.63, 3.8) is 0 Å². The number of hydrogen-bond donors (Lipinski definition) is 1. The van der Waals surface area contributed by atoms with Crippen molar-refractivity contribution in [1.29, 1.82) is 0 Å². The van der Waals surface area contributed by atoms with Crippen LogP contribution in [0.1, 0.15) is 50.6 Å². The van der Waals surface area contributed by atoms with Crippen LogP contribution in [0.25, 0.3) is 0 Å². The summed E-state index contributed by atoms with van der Waals surface area (Å²) in [6.45, 7) is 2.05. The second kappa shape index (κ2) is 5.53. The van der Waals surface area contributed by atoms with Gasteiger partial charge in [0.25, 0.3) is 0 Å². The maximum atomic E-state index is 14.0. The highest BCUT2D eigenvalue weighted by Gasteiger charge is 2.42. The van der Waals surface area contributed by atoms with Gasteiger partial charge in [-0.15, -0.1) is 0 Å². The molecule has 0 radical (unpaired) electrons. The van der Waals surface area contributed by atoms with E-state index in [0.29, 0.717) is 0 Å². The van der Waals surface area contributed by atoms with Crippen LogP contribution in [0.3, 0.4) is 0 Å². The minimum atomic E-state index is -0.870. The Morgan fingerprint density at radius 2 is 1.68 bits per heavy atom. The van der Waals surface area contributed by atoms with E-state index in [-0.39, 0.29) is 11.0 Å². The van der Waals surface area contributed by atoms with E-state index in [4.69, 9.17) is 0 Å². The van der Waals surface area contributed by atoms with Crippen molar-refractivity contribution in [2.24, 2.45) is 5.41 Å². The fourth-order valence-corrected chi connectivity index (χ4v) is 3.51. The van der Waals surface area contributed by atoms with Crippen molar-refractivity contribution >= 4 is 0 Å². The third kappa shape index (κ3) is 2.50. The van der Waals surface area contributed by atoms with E-state index in [1.807, 2.05) is 0 Å². The van der Waals surface area contributed by atoms with Crippen LogP contribution in [0.15, 0.2) is 12.1 Å². The molecular formula is C15H20F3N. The Hall–Kier alpha value is -1.03. The minimum Gasteiger partial charge on any atom is -0.312 e. The van der Waals surface area contributed by atoms with Crippen LogP contribution in [-0.2, 0) is 0 Å². The van der Waals surface area contributed by atoms with E-state index in [1.54, 1.807) is 7.05 Å². The van der Waals surface area contributed by atoms with Gasteiger partial charge in [0, 0.05) is 23.7 Å². The van der Waals surface area contributed by atoms with Gasteiger partial charge in [0.2, 0.25) is 0 Å². The van der Waals surface area contributed by atoms with Gasteiger partial charge >= 0.3 is 0 Å². The summed E-state index contributed by atoms with van der Waals surface area (Å²) in [4.78, 5) is 0. The van der Waals surface area contributed by atoms with Crippen molar-refractivity contribution in [3.05, 3.63) is 35.1 Å². The average Bonchev–Trinajstić information content (AvgIpc) is 2.83. The summed E-state index contributed by atoms with van der Waals surface area (Å²) >= 11 is 0. The number of halogens is 3. The summed E-state index contributed by atoms with van der Waals surface area (Å²) in [7, 11) is 1.71. The molecule has 1 aromatic rings. The highest BCUT2D eigenvalue weighted by atomic mass is 19.1. The van der Waals surface area contributed by atoms with Crippen molar-refractivity contribution in [1.82, 2.24) is 5.32 Å². The third-order valence-electron chi connectivity index (χ3n) is 4.54. The first-order valence-electron chi connectivity index (χ1n) is 6.86. The molecule has 1 aliphatic carbocycles. The molecule has 1 N–H and O–H groups in total. The molecule has 1 unspecified atom stereocenters. The molecule has 106 valence electrons. The lowest BCUT2D eigenvalue weighted by Crippen LogP contribution is -2.35. The summed E-state index contributed by atoms with van der Waals surface area (Å²) in [5, 5.41) is 3.05. The van der Waals surface area contributed by atoms with Gasteiger partial charge in [-0.3, -0.25) is 0 Å². The topological polar surface area (TPSA) is 12.0 Å². The average molecular weight is 271 g/mol. The van der Waals surface area contributed by atoms with Crippen LogP contribution >= 0.6 is 0 Å². The molecule has 2 rings (SSSR count). The Morgan fingerprint density at radius 1 is 1.16 bits per heavy atom. The Morgan fingerprint density at radius 3 is 2.11 bits per heavy atom. The smallest absolute Gasteiger partial charge is 0.133 e. The van der Waals surface area contributed by atoms with Crippen molar-refractivity contribution in [3.8, 4) is 0 Å². The lowest BCUT2D eigenvalue weighted by molar-refractivity contribution is 0.187. The molecule has 0 saturated heterocycles. The van der Waals surface area contributed by atoms with Gasteiger partial charge in [0.05, 0.1) is 0 Å². The normalized spacial score (nSPS) is 19.6. The number of benzene rings is 1. The fourth-order valence-electron chi connectivity index (χ4n) is 3.51. The third-order valence-corrected chi connectivity index (χ3v) is 4.54. The van der Waals surface area contributed by atoms with Gasteiger partial charge in [-0.25, -0.2) is 13.2 Å². The molecule has 0 spiro atoms. The zero-order valence-electron chi connectivity index (χ0n) is 11.4. The molecule has 0 amide bonds. The van der Waals surface area contributed by atoms with Gasteiger partial charge in [0.15, 0.2) is 0 Å². The zero-order valence-corrected chi connectivity index (χ0v) is 11.4. The molecular weight excluding hydrogens is 251 g/mol. The summed E-state index contributed by atoms with van der Waals surface area (Å²) in [5.41, 5.74) is -0.151. The second-order valence-corrected chi connectivity index (χ2v) is 5.43. The largest absolute Gasteiger partial charge is 0.312 e. The van der Waals surface area contributed by atoms with E-state index < -0.39 is 23.5 Å². The molecule has 1 nitrogen and oxygen atoms in total. The Labute approximate surface area is 112 Å². The van der Waals surface area contributed by atoms with Crippen LogP contribution in [0, 0.1) is 22.9 Å². The molecule has 1 aliphatic rings. The van der Waals surface area contributed by atoms with Crippen molar-refractivity contribution in [2.45, 2.75) is 45.1 Å². The molecule has 19 heavy (non-hydrogen) atoms. The molecule has 1 atom stereocenters. The van der Waals surface area contributed by atoms with E-state index in [0.717, 1.165) is 44.2 Å². The quantitative estimate of drug-likeness (QED) is 0.859. The first-order valence-corrected chi connectivity index (χ1v) is 6.86. The van der Waals surface area contributed by atoms with Gasteiger partial charge < -0.3 is 5.32 Å². The van der Waals surface area contributed by atoms with Gasteiger partial charge in [-0.2, -0.15) is 0 Å². The Bertz CT molecular complexity index is 430. The molecule has 0 bridgehead atoms. The van der Waals surface area contributed by atoms with E-state index >= 15 is 0 Å². The van der Waals surface area contributed by atoms with Crippen LogP contribution < -0.4 is 5.32 Å². The van der Waals surface area contributed by atoms with Gasteiger partial charge in [-0.1, -0.05) is 19.8 Å². The summed E-state index contributed by atoms with van der Waals surface area (Å²) in [5.74, 6) is -2.46. The lowest BCUT2D eigenvalue weighted by Gasteiger charge is -2.37. The highest BCUT2D eigenvalue weighted by Crippen LogP contribution is 2.50. The summed E-state index contributed by atoms with van der Waals surface area (Å²) < 4.78 is 41.0. The van der Waals surface area contributed by atoms with Crippen LogP contribution in [0.2, 0.25) is 0 Å². The first kappa shape index (κ1) is 14.4.